The van der Waals surface area contributed by atoms with E-state index >= 15 is 0 Å². The quantitative estimate of drug-likeness (QED) is 0.177. The Morgan fingerprint density at radius 3 is 1.93 bits per heavy atom. The SMILES string of the molecule is CC1(c2ccccc2)c2ccccc2-c2c(-c3cc(-c4cccc(-c5cccc6c5sc5c7ccccc7ccc65)c4)nc(-c4ccccc4)n3)cccc21. The van der Waals surface area contributed by atoms with Crippen LogP contribution in [0.2, 0.25) is 0 Å². The highest BCUT2D eigenvalue weighted by Gasteiger charge is 2.41. The molecule has 8 aromatic carbocycles. The van der Waals surface area contributed by atoms with E-state index in [1.807, 2.05) is 17.4 Å². The molecule has 10 aromatic rings. The Morgan fingerprint density at radius 1 is 0.418 bits per heavy atom. The lowest BCUT2D eigenvalue weighted by Gasteiger charge is -2.28. The van der Waals surface area contributed by atoms with Crippen molar-refractivity contribution in [3.05, 3.63) is 205 Å². The number of thiophene rings is 1. The number of benzene rings is 8. The highest BCUT2D eigenvalue weighted by atomic mass is 32.1. The zero-order valence-corrected chi connectivity index (χ0v) is 31.0. The molecule has 1 aliphatic carbocycles. The van der Waals surface area contributed by atoms with Crippen molar-refractivity contribution in [2.24, 2.45) is 0 Å². The molecular weight excluding hydrogens is 685 g/mol. The van der Waals surface area contributed by atoms with Gasteiger partial charge in [0.25, 0.3) is 0 Å². The number of aromatic nitrogens is 2. The summed E-state index contributed by atoms with van der Waals surface area (Å²) in [5.74, 6) is 0.715. The third-order valence-corrected chi connectivity index (χ3v) is 12.9. The molecule has 2 aromatic heterocycles. The molecule has 1 unspecified atom stereocenters. The molecule has 11 rings (SSSR count). The number of hydrogen-bond donors (Lipinski definition) is 0. The average Bonchev–Trinajstić information content (AvgIpc) is 3.78. The molecule has 0 radical (unpaired) electrons. The summed E-state index contributed by atoms with van der Waals surface area (Å²) in [5, 5.41) is 5.19. The van der Waals surface area contributed by atoms with Crippen molar-refractivity contribution in [3.63, 3.8) is 0 Å². The van der Waals surface area contributed by atoms with Crippen molar-refractivity contribution in [2.45, 2.75) is 12.3 Å². The van der Waals surface area contributed by atoms with Gasteiger partial charge in [0.05, 0.1) is 11.4 Å². The van der Waals surface area contributed by atoms with Crippen molar-refractivity contribution in [2.75, 3.05) is 0 Å². The lowest BCUT2D eigenvalue weighted by molar-refractivity contribution is 0.714. The number of rotatable bonds is 5. The van der Waals surface area contributed by atoms with Crippen LogP contribution in [0.3, 0.4) is 0 Å². The summed E-state index contributed by atoms with van der Waals surface area (Å²) in [6.07, 6.45) is 0. The molecule has 258 valence electrons. The van der Waals surface area contributed by atoms with Crippen molar-refractivity contribution in [1.82, 2.24) is 9.97 Å². The van der Waals surface area contributed by atoms with Crippen LogP contribution in [0.1, 0.15) is 23.6 Å². The van der Waals surface area contributed by atoms with Gasteiger partial charge in [-0.25, -0.2) is 9.97 Å². The minimum atomic E-state index is -0.296. The van der Waals surface area contributed by atoms with Crippen molar-refractivity contribution >= 4 is 42.3 Å². The van der Waals surface area contributed by atoms with E-state index in [0.29, 0.717) is 5.82 Å². The molecule has 0 saturated carbocycles. The van der Waals surface area contributed by atoms with Crippen molar-refractivity contribution < 1.29 is 0 Å². The van der Waals surface area contributed by atoms with E-state index in [9.17, 15) is 0 Å². The number of fused-ring (bicyclic) bond motifs is 8. The van der Waals surface area contributed by atoms with E-state index in [4.69, 9.17) is 9.97 Å². The smallest absolute Gasteiger partial charge is 0.160 e. The molecule has 0 saturated heterocycles. The van der Waals surface area contributed by atoms with Crippen LogP contribution in [0.15, 0.2) is 188 Å². The molecule has 55 heavy (non-hydrogen) atoms. The maximum atomic E-state index is 5.33. The lowest BCUT2D eigenvalue weighted by Crippen LogP contribution is -2.22. The topological polar surface area (TPSA) is 25.8 Å². The lowest BCUT2D eigenvalue weighted by atomic mass is 9.74. The third-order valence-electron chi connectivity index (χ3n) is 11.6. The van der Waals surface area contributed by atoms with E-state index in [1.165, 1.54) is 69.9 Å². The Morgan fingerprint density at radius 2 is 1.04 bits per heavy atom. The Labute approximate surface area is 324 Å². The third kappa shape index (κ3) is 4.94. The zero-order chi connectivity index (χ0) is 36.5. The summed E-state index contributed by atoms with van der Waals surface area (Å²) in [6, 6.07) is 67.9. The van der Waals surface area contributed by atoms with Gasteiger partial charge in [-0.3, -0.25) is 0 Å². The second-order valence-corrected chi connectivity index (χ2v) is 15.6. The molecule has 2 nitrogen and oxygen atoms in total. The minimum absolute atomic E-state index is 0.296. The van der Waals surface area contributed by atoms with Crippen LogP contribution in [0.4, 0.5) is 0 Å². The molecule has 1 aliphatic rings. The summed E-state index contributed by atoms with van der Waals surface area (Å²) >= 11 is 1.89. The first-order valence-corrected chi connectivity index (χ1v) is 19.6. The van der Waals surface area contributed by atoms with Crippen LogP contribution in [-0.4, -0.2) is 9.97 Å². The number of hydrogen-bond acceptors (Lipinski definition) is 3. The molecule has 0 spiro atoms. The van der Waals surface area contributed by atoms with E-state index in [1.54, 1.807) is 0 Å². The molecule has 0 bridgehead atoms. The molecule has 1 atom stereocenters. The monoisotopic (exact) mass is 718 g/mol. The van der Waals surface area contributed by atoms with Gasteiger partial charge in [0, 0.05) is 42.3 Å². The average molecular weight is 719 g/mol. The van der Waals surface area contributed by atoms with E-state index < -0.39 is 0 Å². The van der Waals surface area contributed by atoms with Gasteiger partial charge < -0.3 is 0 Å². The first kappa shape index (κ1) is 31.8. The Bertz CT molecular complexity index is 3110. The van der Waals surface area contributed by atoms with Gasteiger partial charge in [-0.05, 0) is 68.8 Å². The summed E-state index contributed by atoms with van der Waals surface area (Å²) < 4.78 is 2.64. The molecule has 0 amide bonds. The van der Waals surface area contributed by atoms with Crippen LogP contribution in [0.5, 0.6) is 0 Å². The summed E-state index contributed by atoms with van der Waals surface area (Å²) in [6.45, 7) is 2.36. The molecular formula is C52H34N2S. The van der Waals surface area contributed by atoms with Gasteiger partial charge in [-0.2, -0.15) is 0 Å². The van der Waals surface area contributed by atoms with Gasteiger partial charge in [0.2, 0.25) is 0 Å². The van der Waals surface area contributed by atoms with Crippen molar-refractivity contribution in [1.29, 1.82) is 0 Å². The summed E-state index contributed by atoms with van der Waals surface area (Å²) in [7, 11) is 0. The van der Waals surface area contributed by atoms with Gasteiger partial charge in [-0.1, -0.05) is 176 Å². The normalized spacial score (nSPS) is 14.7. The second kappa shape index (κ2) is 12.4. The highest BCUT2D eigenvalue weighted by Crippen LogP contribution is 2.55. The predicted octanol–water partition coefficient (Wildman–Crippen LogP) is 14.0. The van der Waals surface area contributed by atoms with Crippen molar-refractivity contribution in [3.8, 4) is 56.2 Å². The maximum Gasteiger partial charge on any atom is 0.160 e. The fraction of sp³-hybridized carbons (Fsp3) is 0.0385. The second-order valence-electron chi connectivity index (χ2n) is 14.6. The van der Waals surface area contributed by atoms with Crippen LogP contribution < -0.4 is 0 Å². The fourth-order valence-corrected chi connectivity index (χ4v) is 10.3. The van der Waals surface area contributed by atoms with Gasteiger partial charge in [0.15, 0.2) is 5.82 Å². The van der Waals surface area contributed by atoms with Crippen LogP contribution in [-0.2, 0) is 5.41 Å². The standard InChI is InChI=1S/C52H34N2S/c1-52(37-20-6-3-7-21-37)44-27-11-10-23-42(44)48-43(26-14-28-45(48)52)47-32-46(53-51(54-47)34-16-4-2-5-17-34)36-19-12-18-35(31-36)39-24-13-25-40-41-30-29-33-15-8-9-22-38(33)49(41)55-50(39)40/h2-32H,1H3. The van der Waals surface area contributed by atoms with Crippen LogP contribution in [0, 0.1) is 0 Å². The summed E-state index contributed by atoms with van der Waals surface area (Å²) in [4.78, 5) is 10.6. The van der Waals surface area contributed by atoms with Crippen LogP contribution >= 0.6 is 11.3 Å². The Kier molecular flexibility index (Phi) is 7.20. The zero-order valence-electron chi connectivity index (χ0n) is 30.2. The molecule has 0 fully saturated rings. The highest BCUT2D eigenvalue weighted by molar-refractivity contribution is 7.27. The largest absolute Gasteiger partial charge is 0.228 e. The van der Waals surface area contributed by atoms with E-state index in [0.717, 1.165) is 28.1 Å². The minimum Gasteiger partial charge on any atom is -0.228 e. The number of nitrogens with zero attached hydrogens (tertiary/aromatic N) is 2. The van der Waals surface area contributed by atoms with E-state index in [2.05, 4.69) is 189 Å². The Hall–Kier alpha value is -6.68. The van der Waals surface area contributed by atoms with Gasteiger partial charge in [0.1, 0.15) is 0 Å². The predicted molar refractivity (Wildman–Crippen MR) is 232 cm³/mol. The fourth-order valence-electron chi connectivity index (χ4n) is 8.89. The first-order valence-electron chi connectivity index (χ1n) is 18.8. The molecule has 3 heteroatoms. The van der Waals surface area contributed by atoms with E-state index in [-0.39, 0.29) is 5.41 Å². The summed E-state index contributed by atoms with van der Waals surface area (Å²) in [5.41, 5.74) is 13.5. The molecule has 2 heterocycles. The van der Waals surface area contributed by atoms with Gasteiger partial charge >= 0.3 is 0 Å². The molecule has 0 aliphatic heterocycles. The van der Waals surface area contributed by atoms with Crippen LogP contribution in [0.25, 0.3) is 87.1 Å². The molecule has 0 N–H and O–H groups in total. The maximum absolute atomic E-state index is 5.33. The first-order chi connectivity index (χ1) is 27.1. The Balaban J connectivity index is 1.10. The van der Waals surface area contributed by atoms with Gasteiger partial charge in [-0.15, -0.1) is 11.3 Å².